The largest absolute Gasteiger partial charge is 0.299 e. The van der Waals surface area contributed by atoms with Gasteiger partial charge in [0, 0.05) is 31.8 Å². The minimum atomic E-state index is 0.328. The van der Waals surface area contributed by atoms with Gasteiger partial charge >= 0.3 is 0 Å². The number of nitrogens with one attached hydrogen (secondary N) is 1. The van der Waals surface area contributed by atoms with Crippen LogP contribution < -0.4 is 5.43 Å². The summed E-state index contributed by atoms with van der Waals surface area (Å²) in [4.78, 5) is 13.0. The number of aliphatic imine (C=N–C) groups is 1. The van der Waals surface area contributed by atoms with E-state index in [1.807, 2.05) is 12.1 Å². The van der Waals surface area contributed by atoms with E-state index in [9.17, 15) is 0 Å². The summed E-state index contributed by atoms with van der Waals surface area (Å²) in [5.41, 5.74) is 4.65. The van der Waals surface area contributed by atoms with Crippen molar-refractivity contribution in [2.75, 3.05) is 13.6 Å². The second-order valence-electron chi connectivity index (χ2n) is 4.25. The zero-order valence-corrected chi connectivity index (χ0v) is 11.5. The first kappa shape index (κ1) is 12.9. The van der Waals surface area contributed by atoms with E-state index < -0.39 is 0 Å². The van der Waals surface area contributed by atoms with E-state index in [0.717, 1.165) is 24.4 Å². The van der Waals surface area contributed by atoms with Crippen LogP contribution in [-0.2, 0) is 0 Å². The fourth-order valence-corrected chi connectivity index (χ4v) is 2.05. The van der Waals surface area contributed by atoms with Gasteiger partial charge in [0.15, 0.2) is 5.15 Å². The molecule has 102 valence electrons. The lowest BCUT2D eigenvalue weighted by Gasteiger charge is -2.10. The predicted molar refractivity (Wildman–Crippen MR) is 75.5 cm³/mol. The molecule has 0 unspecified atom stereocenters. The molecule has 8 heteroatoms. The molecular formula is C12H12ClN7. The van der Waals surface area contributed by atoms with Gasteiger partial charge < -0.3 is 0 Å². The second-order valence-corrected chi connectivity index (χ2v) is 4.64. The maximum atomic E-state index is 5.83. The SMILES string of the molecule is CN1NCCC1=Nc1nccc(-c2cnnc(Cl)c2)n1. The lowest BCUT2D eigenvalue weighted by Crippen LogP contribution is -2.29. The highest BCUT2D eigenvalue weighted by atomic mass is 35.5. The molecule has 0 aromatic carbocycles. The van der Waals surface area contributed by atoms with E-state index in [1.165, 1.54) is 0 Å². The number of hydrogen-bond donors (Lipinski definition) is 1. The number of nitrogens with zero attached hydrogens (tertiary/aromatic N) is 6. The van der Waals surface area contributed by atoms with Crippen molar-refractivity contribution in [3.63, 3.8) is 0 Å². The number of aromatic nitrogens is 4. The van der Waals surface area contributed by atoms with Gasteiger partial charge in [0.25, 0.3) is 5.95 Å². The molecule has 2 aromatic rings. The standard InChI is InChI=1S/C12H12ClN7/c1-20-11(3-5-16-20)18-12-14-4-2-9(17-12)8-6-10(13)19-15-7-8/h2,4,6-7,16H,3,5H2,1H3. The number of hydrazine groups is 1. The average molecular weight is 290 g/mol. The molecule has 0 radical (unpaired) electrons. The molecule has 3 rings (SSSR count). The Bertz CT molecular complexity index is 658. The molecule has 1 N–H and O–H groups in total. The predicted octanol–water partition coefficient (Wildman–Crippen LogP) is 1.46. The number of hydrogen-bond acceptors (Lipinski definition) is 6. The Morgan fingerprint density at radius 3 is 3.10 bits per heavy atom. The molecule has 0 saturated carbocycles. The molecule has 1 saturated heterocycles. The van der Waals surface area contributed by atoms with Crippen molar-refractivity contribution in [2.45, 2.75) is 6.42 Å². The maximum absolute atomic E-state index is 5.83. The van der Waals surface area contributed by atoms with Crippen LogP contribution in [0.4, 0.5) is 5.95 Å². The fourth-order valence-electron chi connectivity index (χ4n) is 1.88. The highest BCUT2D eigenvalue weighted by Crippen LogP contribution is 2.20. The number of rotatable bonds is 2. The van der Waals surface area contributed by atoms with Gasteiger partial charge in [0.1, 0.15) is 5.84 Å². The molecule has 0 spiro atoms. The van der Waals surface area contributed by atoms with E-state index in [4.69, 9.17) is 11.6 Å². The average Bonchev–Trinajstić information content (AvgIpc) is 2.85. The van der Waals surface area contributed by atoms with Gasteiger partial charge in [-0.3, -0.25) is 5.01 Å². The Hall–Kier alpha value is -2.12. The number of halogens is 1. The minimum Gasteiger partial charge on any atom is -0.299 e. The molecule has 20 heavy (non-hydrogen) atoms. The molecule has 0 bridgehead atoms. The van der Waals surface area contributed by atoms with Crippen molar-refractivity contribution in [2.24, 2.45) is 4.99 Å². The zero-order valence-electron chi connectivity index (χ0n) is 10.8. The summed E-state index contributed by atoms with van der Waals surface area (Å²) >= 11 is 5.83. The minimum absolute atomic E-state index is 0.328. The smallest absolute Gasteiger partial charge is 0.251 e. The van der Waals surface area contributed by atoms with Gasteiger partial charge in [0.2, 0.25) is 0 Å². The first-order valence-corrected chi connectivity index (χ1v) is 6.46. The van der Waals surface area contributed by atoms with Crippen molar-refractivity contribution >= 4 is 23.4 Å². The van der Waals surface area contributed by atoms with Crippen LogP contribution in [0.1, 0.15) is 6.42 Å². The molecule has 1 aliphatic rings. The molecule has 2 aromatic heterocycles. The van der Waals surface area contributed by atoms with Gasteiger partial charge in [0.05, 0.1) is 11.9 Å². The van der Waals surface area contributed by atoms with Gasteiger partial charge in [-0.05, 0) is 12.1 Å². The molecule has 0 aliphatic carbocycles. The topological polar surface area (TPSA) is 79.2 Å². The van der Waals surface area contributed by atoms with Gasteiger partial charge in [-0.15, -0.1) is 5.10 Å². The summed E-state index contributed by atoms with van der Waals surface area (Å²) in [5.74, 6) is 1.33. The second kappa shape index (κ2) is 5.48. The normalized spacial score (nSPS) is 16.9. The van der Waals surface area contributed by atoms with Crippen LogP contribution in [0.25, 0.3) is 11.3 Å². The highest BCUT2D eigenvalue weighted by molar-refractivity contribution is 6.29. The molecule has 1 fully saturated rings. The van der Waals surface area contributed by atoms with Gasteiger partial charge in [-0.1, -0.05) is 11.6 Å². The number of amidine groups is 1. The third kappa shape index (κ3) is 2.73. The fraction of sp³-hybridized carbons (Fsp3) is 0.250. The molecule has 7 nitrogen and oxygen atoms in total. The van der Waals surface area contributed by atoms with Gasteiger partial charge in [-0.2, -0.15) is 10.1 Å². The monoisotopic (exact) mass is 289 g/mol. The lowest BCUT2D eigenvalue weighted by molar-refractivity contribution is 0.418. The summed E-state index contributed by atoms with van der Waals surface area (Å²) in [6.07, 6.45) is 4.12. The van der Waals surface area contributed by atoms with E-state index in [2.05, 4.69) is 30.6 Å². The first-order chi connectivity index (χ1) is 9.72. The molecule has 0 atom stereocenters. The maximum Gasteiger partial charge on any atom is 0.251 e. The summed E-state index contributed by atoms with van der Waals surface area (Å²) in [7, 11) is 1.92. The van der Waals surface area contributed by atoms with Crippen molar-refractivity contribution in [1.82, 2.24) is 30.6 Å². The Kier molecular flexibility index (Phi) is 3.53. The van der Waals surface area contributed by atoms with E-state index in [-0.39, 0.29) is 0 Å². The Morgan fingerprint density at radius 2 is 2.35 bits per heavy atom. The molecule has 0 amide bonds. The van der Waals surface area contributed by atoms with Crippen LogP contribution in [0.5, 0.6) is 0 Å². The molecular weight excluding hydrogens is 278 g/mol. The van der Waals surface area contributed by atoms with Crippen molar-refractivity contribution < 1.29 is 0 Å². The third-order valence-electron chi connectivity index (χ3n) is 2.88. The highest BCUT2D eigenvalue weighted by Gasteiger charge is 2.14. The first-order valence-electron chi connectivity index (χ1n) is 6.09. The Balaban J connectivity index is 1.94. The molecule has 3 heterocycles. The van der Waals surface area contributed by atoms with E-state index in [0.29, 0.717) is 16.8 Å². The van der Waals surface area contributed by atoms with Crippen LogP contribution in [0.2, 0.25) is 5.15 Å². The summed E-state index contributed by atoms with van der Waals surface area (Å²) in [6.45, 7) is 0.874. The van der Waals surface area contributed by atoms with Crippen LogP contribution in [0.3, 0.4) is 0 Å². The van der Waals surface area contributed by atoms with Crippen LogP contribution in [0, 0.1) is 0 Å². The van der Waals surface area contributed by atoms with Crippen LogP contribution >= 0.6 is 11.6 Å². The van der Waals surface area contributed by atoms with Crippen molar-refractivity contribution in [1.29, 1.82) is 0 Å². The van der Waals surface area contributed by atoms with E-state index >= 15 is 0 Å². The van der Waals surface area contributed by atoms with E-state index in [1.54, 1.807) is 24.5 Å². The van der Waals surface area contributed by atoms with Crippen molar-refractivity contribution in [3.05, 3.63) is 29.7 Å². The van der Waals surface area contributed by atoms with Crippen LogP contribution in [0.15, 0.2) is 29.5 Å². The molecule has 1 aliphatic heterocycles. The zero-order chi connectivity index (χ0) is 13.9. The Labute approximate surface area is 120 Å². The summed E-state index contributed by atoms with van der Waals surface area (Å²) in [6, 6.07) is 3.49. The summed E-state index contributed by atoms with van der Waals surface area (Å²) < 4.78 is 0. The van der Waals surface area contributed by atoms with Crippen molar-refractivity contribution in [3.8, 4) is 11.3 Å². The quantitative estimate of drug-likeness (QED) is 0.901. The third-order valence-corrected chi connectivity index (χ3v) is 3.06. The van der Waals surface area contributed by atoms with Crippen LogP contribution in [-0.4, -0.2) is 44.6 Å². The Morgan fingerprint density at radius 1 is 1.45 bits per heavy atom. The summed E-state index contributed by atoms with van der Waals surface area (Å²) in [5, 5.41) is 9.72. The lowest BCUT2D eigenvalue weighted by atomic mass is 10.2. The van der Waals surface area contributed by atoms with Gasteiger partial charge in [-0.25, -0.2) is 15.4 Å².